The second-order valence-electron chi connectivity index (χ2n) is 8.70. The molecule has 0 radical (unpaired) electrons. The normalized spacial score (nSPS) is 32.6. The Labute approximate surface area is 143 Å². The molecule has 1 spiro atoms. The van der Waals surface area contributed by atoms with Crippen LogP contribution in [-0.2, 0) is 16.0 Å². The molecule has 0 unspecified atom stereocenters. The number of rotatable bonds is 4. The number of carbonyl (C=O) groups is 1. The van der Waals surface area contributed by atoms with Gasteiger partial charge in [-0.25, -0.2) is 0 Å². The van der Waals surface area contributed by atoms with Crippen molar-refractivity contribution in [1.29, 1.82) is 0 Å². The van der Waals surface area contributed by atoms with E-state index in [0.29, 0.717) is 12.8 Å². The van der Waals surface area contributed by atoms with Gasteiger partial charge >= 0.3 is 0 Å². The van der Waals surface area contributed by atoms with E-state index in [4.69, 9.17) is 4.74 Å². The van der Waals surface area contributed by atoms with E-state index in [9.17, 15) is 9.90 Å². The van der Waals surface area contributed by atoms with Crippen molar-refractivity contribution in [1.82, 2.24) is 4.90 Å². The zero-order chi connectivity index (χ0) is 17.0. The summed E-state index contributed by atoms with van der Waals surface area (Å²) in [5.74, 6) is 0.277. The molecule has 4 rings (SSSR count). The standard InChI is InChI=1S/C20H27NO3/c1-18(23)9-16(10-18)17(22)21-13-19(14-21)11-20(12-19,24-2)8-15-6-4-3-5-7-15/h3-7,16,23H,8-14H2,1-2H3. The molecule has 2 aliphatic carbocycles. The monoisotopic (exact) mass is 329 g/mol. The quantitative estimate of drug-likeness (QED) is 0.923. The Bertz CT molecular complexity index is 618. The number of nitrogens with zero attached hydrogens (tertiary/aromatic N) is 1. The summed E-state index contributed by atoms with van der Waals surface area (Å²) < 4.78 is 5.88. The van der Waals surface area contributed by atoms with Crippen LogP contribution in [0.25, 0.3) is 0 Å². The fourth-order valence-electron chi connectivity index (χ4n) is 5.20. The number of carbonyl (C=O) groups excluding carboxylic acids is 1. The predicted molar refractivity (Wildman–Crippen MR) is 91.5 cm³/mol. The van der Waals surface area contributed by atoms with E-state index in [2.05, 4.69) is 24.3 Å². The SMILES string of the molecule is COC1(Cc2ccccc2)CC2(CN(C(=O)C3CC(C)(O)C3)C2)C1. The van der Waals surface area contributed by atoms with Crippen molar-refractivity contribution in [3.8, 4) is 0 Å². The maximum absolute atomic E-state index is 12.4. The molecule has 1 heterocycles. The van der Waals surface area contributed by atoms with Crippen molar-refractivity contribution in [2.75, 3.05) is 20.2 Å². The van der Waals surface area contributed by atoms with Gasteiger partial charge < -0.3 is 14.7 Å². The number of hydrogen-bond donors (Lipinski definition) is 1. The Kier molecular flexibility index (Phi) is 3.56. The molecule has 1 N–H and O–H groups in total. The summed E-state index contributed by atoms with van der Waals surface area (Å²) in [6.45, 7) is 3.55. The Morgan fingerprint density at radius 1 is 1.25 bits per heavy atom. The van der Waals surface area contributed by atoms with Crippen molar-refractivity contribution in [3.05, 3.63) is 35.9 Å². The molecule has 1 aromatic carbocycles. The van der Waals surface area contributed by atoms with Crippen molar-refractivity contribution in [2.24, 2.45) is 11.3 Å². The van der Waals surface area contributed by atoms with Gasteiger partial charge in [-0.05, 0) is 38.2 Å². The molecule has 130 valence electrons. The molecule has 3 fully saturated rings. The third-order valence-electron chi connectivity index (χ3n) is 6.28. The minimum atomic E-state index is -0.625. The molecule has 0 bridgehead atoms. The molecule has 4 nitrogen and oxygen atoms in total. The Balaban J connectivity index is 1.30. The van der Waals surface area contributed by atoms with E-state index in [1.807, 2.05) is 25.0 Å². The minimum Gasteiger partial charge on any atom is -0.390 e. The van der Waals surface area contributed by atoms with Gasteiger partial charge in [0.15, 0.2) is 0 Å². The van der Waals surface area contributed by atoms with Crippen molar-refractivity contribution in [2.45, 2.75) is 50.2 Å². The highest BCUT2D eigenvalue weighted by Gasteiger charge is 2.61. The molecule has 3 aliphatic rings. The lowest BCUT2D eigenvalue weighted by Crippen LogP contribution is -2.71. The number of benzene rings is 1. The first-order chi connectivity index (χ1) is 11.3. The van der Waals surface area contributed by atoms with Gasteiger partial charge in [-0.3, -0.25) is 4.79 Å². The minimum absolute atomic E-state index is 0.0360. The molecule has 1 amide bonds. The van der Waals surface area contributed by atoms with Crippen LogP contribution in [0.3, 0.4) is 0 Å². The van der Waals surface area contributed by atoms with E-state index in [-0.39, 0.29) is 22.8 Å². The van der Waals surface area contributed by atoms with Crippen molar-refractivity contribution >= 4 is 5.91 Å². The first kappa shape index (κ1) is 16.1. The molecular weight excluding hydrogens is 302 g/mol. The van der Waals surface area contributed by atoms with Crippen LogP contribution in [-0.4, -0.2) is 47.3 Å². The molecule has 4 heteroatoms. The second-order valence-corrected chi connectivity index (χ2v) is 8.70. The van der Waals surface area contributed by atoms with E-state index in [0.717, 1.165) is 32.4 Å². The number of hydrogen-bond acceptors (Lipinski definition) is 3. The summed E-state index contributed by atoms with van der Waals surface area (Å²) in [5.41, 5.74) is 0.905. The highest BCUT2D eigenvalue weighted by atomic mass is 16.5. The third kappa shape index (κ3) is 2.66. The zero-order valence-electron chi connectivity index (χ0n) is 14.6. The fraction of sp³-hybridized carbons (Fsp3) is 0.650. The number of methoxy groups -OCH3 is 1. The largest absolute Gasteiger partial charge is 0.390 e. The highest BCUT2D eigenvalue weighted by Crippen LogP contribution is 2.57. The third-order valence-corrected chi connectivity index (χ3v) is 6.28. The first-order valence-corrected chi connectivity index (χ1v) is 8.95. The topological polar surface area (TPSA) is 49.8 Å². The van der Waals surface area contributed by atoms with E-state index >= 15 is 0 Å². The van der Waals surface area contributed by atoms with Gasteiger partial charge in [-0.2, -0.15) is 0 Å². The Morgan fingerprint density at radius 2 is 1.88 bits per heavy atom. The van der Waals surface area contributed by atoms with Crippen LogP contribution < -0.4 is 0 Å². The maximum Gasteiger partial charge on any atom is 0.225 e. The zero-order valence-corrected chi connectivity index (χ0v) is 14.6. The van der Waals surface area contributed by atoms with Crippen LogP contribution in [0, 0.1) is 11.3 Å². The van der Waals surface area contributed by atoms with Gasteiger partial charge in [-0.1, -0.05) is 30.3 Å². The molecule has 2 saturated carbocycles. The average Bonchev–Trinajstić information content (AvgIpc) is 2.46. The van der Waals surface area contributed by atoms with Gasteiger partial charge in [0.25, 0.3) is 0 Å². The highest BCUT2D eigenvalue weighted by molar-refractivity contribution is 5.81. The smallest absolute Gasteiger partial charge is 0.225 e. The maximum atomic E-state index is 12.4. The second kappa shape index (κ2) is 5.30. The molecule has 24 heavy (non-hydrogen) atoms. The van der Waals surface area contributed by atoms with Gasteiger partial charge in [0.2, 0.25) is 5.91 Å². The lowest BCUT2D eigenvalue weighted by Gasteiger charge is -2.64. The molecule has 0 atom stereocenters. The summed E-state index contributed by atoms with van der Waals surface area (Å²) in [4.78, 5) is 14.4. The van der Waals surface area contributed by atoms with Crippen LogP contribution in [0.5, 0.6) is 0 Å². The average molecular weight is 329 g/mol. The lowest BCUT2D eigenvalue weighted by molar-refractivity contribution is -0.211. The predicted octanol–water partition coefficient (Wildman–Crippen LogP) is 2.40. The van der Waals surface area contributed by atoms with Crippen LogP contribution in [0.15, 0.2) is 30.3 Å². The van der Waals surface area contributed by atoms with Crippen LogP contribution in [0.1, 0.15) is 38.2 Å². The Morgan fingerprint density at radius 3 is 2.42 bits per heavy atom. The number of likely N-dealkylation sites (tertiary alicyclic amines) is 1. The van der Waals surface area contributed by atoms with Crippen molar-refractivity contribution in [3.63, 3.8) is 0 Å². The molecule has 1 aliphatic heterocycles. The fourth-order valence-corrected chi connectivity index (χ4v) is 5.20. The summed E-state index contributed by atoms with van der Waals surface area (Å²) in [6.07, 6.45) is 4.26. The van der Waals surface area contributed by atoms with E-state index in [1.165, 1.54) is 5.56 Å². The summed E-state index contributed by atoms with van der Waals surface area (Å²) in [5, 5.41) is 9.82. The number of ether oxygens (including phenoxy) is 1. The van der Waals surface area contributed by atoms with E-state index < -0.39 is 5.60 Å². The molecule has 0 aromatic heterocycles. The molecule has 1 aromatic rings. The van der Waals surface area contributed by atoms with E-state index in [1.54, 1.807) is 0 Å². The summed E-state index contributed by atoms with van der Waals surface area (Å²) in [6, 6.07) is 10.5. The van der Waals surface area contributed by atoms with Crippen molar-refractivity contribution < 1.29 is 14.6 Å². The lowest BCUT2D eigenvalue weighted by atomic mass is 9.53. The number of amides is 1. The van der Waals surface area contributed by atoms with Gasteiger partial charge in [0.05, 0.1) is 11.2 Å². The first-order valence-electron chi connectivity index (χ1n) is 8.95. The molecular formula is C20H27NO3. The summed E-state index contributed by atoms with van der Waals surface area (Å²) in [7, 11) is 1.81. The number of aliphatic hydroxyl groups is 1. The van der Waals surface area contributed by atoms with Crippen LogP contribution in [0.2, 0.25) is 0 Å². The van der Waals surface area contributed by atoms with Crippen LogP contribution in [0.4, 0.5) is 0 Å². The van der Waals surface area contributed by atoms with Crippen LogP contribution >= 0.6 is 0 Å². The van der Waals surface area contributed by atoms with Gasteiger partial charge in [0, 0.05) is 38.0 Å². The molecule has 1 saturated heterocycles. The summed E-state index contributed by atoms with van der Waals surface area (Å²) >= 11 is 0. The van der Waals surface area contributed by atoms with Gasteiger partial charge in [0.1, 0.15) is 0 Å². The Hall–Kier alpha value is -1.39. The van der Waals surface area contributed by atoms with Gasteiger partial charge in [-0.15, -0.1) is 0 Å².